The van der Waals surface area contributed by atoms with Crippen LogP contribution in [0.2, 0.25) is 0 Å². The molecule has 0 saturated carbocycles. The van der Waals surface area contributed by atoms with Gasteiger partial charge in [0, 0.05) is 0 Å². The Labute approximate surface area is 59.2 Å². The van der Waals surface area contributed by atoms with E-state index in [0.29, 0.717) is 0 Å². The van der Waals surface area contributed by atoms with E-state index in [1.807, 2.05) is 0 Å². The summed E-state index contributed by atoms with van der Waals surface area (Å²) in [4.78, 5) is 0. The zero-order valence-electron chi connectivity index (χ0n) is 4.09. The first kappa shape index (κ1) is 8.93. The van der Waals surface area contributed by atoms with Crippen LogP contribution in [-0.4, -0.2) is 27.5 Å². The highest BCUT2D eigenvalue weighted by Crippen LogP contribution is 2.43. The lowest BCUT2D eigenvalue weighted by Gasteiger charge is -2.10. The zero-order valence-corrected chi connectivity index (χ0v) is 6.50. The van der Waals surface area contributed by atoms with Crippen LogP contribution in [-0.2, 0) is 0 Å². The smallest absolute Gasteiger partial charge is 0.130 e. The van der Waals surface area contributed by atoms with Crippen molar-refractivity contribution < 1.29 is 10.2 Å². The molecule has 0 aliphatic carbocycles. The highest BCUT2D eigenvalue weighted by Gasteiger charge is 2.12. The van der Waals surface area contributed by atoms with Crippen molar-refractivity contribution in [1.82, 2.24) is 0 Å². The number of halogens is 2. The van der Waals surface area contributed by atoms with Gasteiger partial charge in [0.1, 0.15) is 4.58 Å². The molecular formula is C3H7Cl2O2P. The highest BCUT2D eigenvalue weighted by molar-refractivity contribution is 7.61. The monoisotopic (exact) mass is 176 g/mol. The van der Waals surface area contributed by atoms with Crippen molar-refractivity contribution in [2.24, 2.45) is 0 Å². The quantitative estimate of drug-likeness (QED) is 0.501. The molecule has 0 bridgehead atoms. The molecule has 0 rings (SSSR count). The van der Waals surface area contributed by atoms with Gasteiger partial charge in [0.25, 0.3) is 0 Å². The molecule has 0 aliphatic rings. The molecule has 0 amide bonds. The Hall–Kier alpha value is 0.930. The van der Waals surface area contributed by atoms with E-state index in [9.17, 15) is 0 Å². The second-order valence-corrected chi connectivity index (χ2v) is 5.11. The molecule has 0 aromatic heterocycles. The van der Waals surface area contributed by atoms with Crippen molar-refractivity contribution in [2.75, 3.05) is 12.7 Å². The number of rotatable bonds is 3. The van der Waals surface area contributed by atoms with Crippen LogP contribution in [0.1, 0.15) is 0 Å². The number of hydrogen-bond acceptors (Lipinski definition) is 2. The fourth-order valence-corrected chi connectivity index (χ4v) is 1.25. The number of alkyl halides is 2. The van der Waals surface area contributed by atoms with Gasteiger partial charge in [-0.25, -0.2) is 0 Å². The number of aliphatic hydroxyl groups is 2. The van der Waals surface area contributed by atoms with Crippen LogP contribution in [0.15, 0.2) is 0 Å². The summed E-state index contributed by atoms with van der Waals surface area (Å²) in [5, 5.41) is 16.8. The van der Waals surface area contributed by atoms with Crippen molar-refractivity contribution in [1.29, 1.82) is 0 Å². The molecule has 0 radical (unpaired) electrons. The molecule has 0 unspecified atom stereocenters. The molecule has 0 heterocycles. The molecule has 0 atom stereocenters. The van der Waals surface area contributed by atoms with Gasteiger partial charge in [-0.2, -0.15) is 0 Å². The lowest BCUT2D eigenvalue weighted by molar-refractivity contribution is 0.344. The molecule has 8 heavy (non-hydrogen) atoms. The second-order valence-electron chi connectivity index (χ2n) is 1.15. The first-order valence-electron chi connectivity index (χ1n) is 1.96. The lowest BCUT2D eigenvalue weighted by atomic mass is 11.7. The van der Waals surface area contributed by atoms with Crippen LogP contribution in [0.25, 0.3) is 0 Å². The van der Waals surface area contributed by atoms with Gasteiger partial charge in [-0.3, -0.25) is 0 Å². The van der Waals surface area contributed by atoms with Gasteiger partial charge in [-0.05, 0) is 7.92 Å². The lowest BCUT2D eigenvalue weighted by Crippen LogP contribution is -1.94. The van der Waals surface area contributed by atoms with Crippen LogP contribution >= 0.6 is 31.1 Å². The predicted octanol–water partition coefficient (Wildman–Crippen LogP) is 1.13. The summed E-state index contributed by atoms with van der Waals surface area (Å²) in [6, 6.07) is 0. The van der Waals surface area contributed by atoms with E-state index in [2.05, 4.69) is 0 Å². The molecule has 50 valence electrons. The minimum absolute atomic E-state index is 0.108. The Bertz CT molecular complexity index is 57.2. The molecule has 0 aromatic rings. The number of aliphatic hydroxyl groups excluding tert-OH is 2. The van der Waals surface area contributed by atoms with E-state index in [1.54, 1.807) is 0 Å². The average molecular weight is 177 g/mol. The molecule has 0 aliphatic heterocycles. The molecule has 5 heteroatoms. The average Bonchev–Trinajstić information content (AvgIpc) is 1.69. The molecule has 0 spiro atoms. The second kappa shape index (κ2) is 4.78. The Morgan fingerprint density at radius 3 is 1.62 bits per heavy atom. The third kappa shape index (κ3) is 3.06. The van der Waals surface area contributed by atoms with Crippen LogP contribution in [0.3, 0.4) is 0 Å². The van der Waals surface area contributed by atoms with E-state index < -0.39 is 12.5 Å². The van der Waals surface area contributed by atoms with E-state index >= 15 is 0 Å². The Morgan fingerprint density at radius 1 is 1.25 bits per heavy atom. The number of hydrogen-bond donors (Lipinski definition) is 2. The van der Waals surface area contributed by atoms with Gasteiger partial charge >= 0.3 is 0 Å². The summed E-state index contributed by atoms with van der Waals surface area (Å²) >= 11 is 10.6. The topological polar surface area (TPSA) is 40.5 Å². The van der Waals surface area contributed by atoms with E-state index in [-0.39, 0.29) is 12.7 Å². The summed E-state index contributed by atoms with van der Waals surface area (Å²) in [6.07, 6.45) is -0.215. The maximum Gasteiger partial charge on any atom is 0.130 e. The summed E-state index contributed by atoms with van der Waals surface area (Å²) in [5.41, 5.74) is 0. The van der Waals surface area contributed by atoms with Crippen molar-refractivity contribution in [2.45, 2.75) is 4.58 Å². The van der Waals surface area contributed by atoms with Gasteiger partial charge < -0.3 is 10.2 Å². The van der Waals surface area contributed by atoms with Gasteiger partial charge in [0.2, 0.25) is 0 Å². The Balaban J connectivity index is 3.35. The summed E-state index contributed by atoms with van der Waals surface area (Å²) < 4.78 is -0.611. The van der Waals surface area contributed by atoms with Crippen LogP contribution in [0, 0.1) is 0 Å². The van der Waals surface area contributed by atoms with Gasteiger partial charge in [-0.1, -0.05) is 0 Å². The molecule has 0 saturated heterocycles. The first-order valence-corrected chi connectivity index (χ1v) is 4.61. The molecule has 2 N–H and O–H groups in total. The molecule has 0 aromatic carbocycles. The van der Waals surface area contributed by atoms with Gasteiger partial charge in [-0.15, -0.1) is 23.2 Å². The minimum Gasteiger partial charge on any atom is -0.392 e. The van der Waals surface area contributed by atoms with Gasteiger partial charge in [0.05, 0.1) is 12.7 Å². The molecular weight excluding hydrogens is 170 g/mol. The van der Waals surface area contributed by atoms with Crippen LogP contribution in [0.4, 0.5) is 0 Å². The normalized spacial score (nSPS) is 11.2. The highest BCUT2D eigenvalue weighted by atomic mass is 35.5. The van der Waals surface area contributed by atoms with Crippen LogP contribution < -0.4 is 0 Å². The standard InChI is InChI=1S/C3H7Cl2O2P/c4-3(5)8(1-6)2-7/h3,6-7H,1-2H2. The largest absolute Gasteiger partial charge is 0.392 e. The zero-order chi connectivity index (χ0) is 6.57. The predicted molar refractivity (Wildman–Crippen MR) is 36.6 cm³/mol. The fourth-order valence-electron chi connectivity index (χ4n) is 0.168. The van der Waals surface area contributed by atoms with Crippen molar-refractivity contribution in [3.8, 4) is 0 Å². The maximum atomic E-state index is 8.40. The SMILES string of the molecule is OCP(CO)C(Cl)Cl. The third-order valence-electron chi connectivity index (χ3n) is 0.639. The fraction of sp³-hybridized carbons (Fsp3) is 1.00. The van der Waals surface area contributed by atoms with E-state index in [1.165, 1.54) is 0 Å². The van der Waals surface area contributed by atoms with Crippen molar-refractivity contribution >= 4 is 31.1 Å². The Morgan fingerprint density at radius 2 is 1.62 bits per heavy atom. The van der Waals surface area contributed by atoms with E-state index in [4.69, 9.17) is 33.4 Å². The van der Waals surface area contributed by atoms with E-state index in [0.717, 1.165) is 0 Å². The van der Waals surface area contributed by atoms with Gasteiger partial charge in [0.15, 0.2) is 0 Å². The third-order valence-corrected chi connectivity index (χ3v) is 3.57. The molecule has 0 fully saturated rings. The van der Waals surface area contributed by atoms with Crippen molar-refractivity contribution in [3.05, 3.63) is 0 Å². The first-order chi connectivity index (χ1) is 3.72. The minimum atomic E-state index is -0.973. The van der Waals surface area contributed by atoms with Crippen molar-refractivity contribution in [3.63, 3.8) is 0 Å². The summed E-state index contributed by atoms with van der Waals surface area (Å²) in [5.74, 6) is 0. The summed E-state index contributed by atoms with van der Waals surface area (Å²) in [7, 11) is -0.973. The van der Waals surface area contributed by atoms with Crippen LogP contribution in [0.5, 0.6) is 0 Å². The Kier molecular flexibility index (Phi) is 5.33. The molecule has 2 nitrogen and oxygen atoms in total. The maximum absolute atomic E-state index is 8.40. The summed E-state index contributed by atoms with van der Waals surface area (Å²) in [6.45, 7) is 0.